The van der Waals surface area contributed by atoms with Gasteiger partial charge in [0.1, 0.15) is 18.0 Å². The van der Waals surface area contributed by atoms with Gasteiger partial charge in [-0.15, -0.1) is 0 Å². The molecule has 2 aliphatic carbocycles. The Bertz CT molecular complexity index is 1390. The number of nitrogens with one attached hydrogen (secondary N) is 2. The second-order valence-corrected chi connectivity index (χ2v) is 13.1. The van der Waals surface area contributed by atoms with Gasteiger partial charge in [0.05, 0.1) is 18.2 Å². The van der Waals surface area contributed by atoms with E-state index in [2.05, 4.69) is 10.0 Å². The summed E-state index contributed by atoms with van der Waals surface area (Å²) < 4.78 is 38.9. The van der Waals surface area contributed by atoms with Crippen LogP contribution in [0.25, 0.3) is 0 Å². The summed E-state index contributed by atoms with van der Waals surface area (Å²) in [6, 6.07) is 16.5. The molecule has 0 saturated carbocycles. The zero-order valence-corrected chi connectivity index (χ0v) is 23.3. The fourth-order valence-electron chi connectivity index (χ4n) is 5.52. The number of fused-ring (bicyclic) bond motifs is 2. The number of amides is 1. The lowest BCUT2D eigenvalue weighted by Gasteiger charge is -2.32. The van der Waals surface area contributed by atoms with Crippen molar-refractivity contribution < 1.29 is 32.9 Å². The first kappa shape index (κ1) is 28.4. The van der Waals surface area contributed by atoms with Gasteiger partial charge in [-0.2, -0.15) is 0 Å². The standard InChI is InChI=1S/C30H36N2O7S/c1-30(12-11-26-27(18-30)39-14-13-38-26)40(36,37)31-19-23(33)16-22(15-20-7-3-2-4-8-20)29(35)32-28-24-10-6-5-9-21(24)17-25(28)34/h2-11,18,22-23,25,28,31,33-34H,12-17,19H2,1H3,(H,32,35)/t22-,23+,25-,28+,30?/m1/s1. The zero-order chi connectivity index (χ0) is 28.3. The highest BCUT2D eigenvalue weighted by atomic mass is 32.2. The average Bonchev–Trinajstić information content (AvgIpc) is 3.26. The molecule has 40 heavy (non-hydrogen) atoms. The van der Waals surface area contributed by atoms with E-state index < -0.39 is 38.9 Å². The van der Waals surface area contributed by atoms with Crippen LogP contribution in [0, 0.1) is 5.92 Å². The van der Waals surface area contributed by atoms with Crippen molar-refractivity contribution in [1.29, 1.82) is 0 Å². The average molecular weight is 569 g/mol. The summed E-state index contributed by atoms with van der Waals surface area (Å²) in [6.45, 7) is 2.11. The number of hydrogen-bond donors (Lipinski definition) is 4. The Labute approximate surface area is 234 Å². The monoisotopic (exact) mass is 568 g/mol. The molecule has 2 aromatic carbocycles. The third kappa shape index (κ3) is 6.10. The molecule has 1 amide bonds. The molecule has 0 aromatic heterocycles. The van der Waals surface area contributed by atoms with Crippen LogP contribution in [-0.4, -0.2) is 61.3 Å². The van der Waals surface area contributed by atoms with Gasteiger partial charge in [-0.3, -0.25) is 4.79 Å². The first-order valence-electron chi connectivity index (χ1n) is 13.6. The van der Waals surface area contributed by atoms with Crippen LogP contribution in [0.2, 0.25) is 0 Å². The van der Waals surface area contributed by atoms with Gasteiger partial charge in [-0.25, -0.2) is 13.1 Å². The number of allylic oxidation sites excluding steroid dienone is 1. The van der Waals surface area contributed by atoms with Gasteiger partial charge in [0.2, 0.25) is 15.9 Å². The maximum Gasteiger partial charge on any atom is 0.224 e. The topological polar surface area (TPSA) is 134 Å². The highest BCUT2D eigenvalue weighted by Gasteiger charge is 2.41. The maximum atomic E-state index is 13.5. The zero-order valence-electron chi connectivity index (χ0n) is 22.5. The van der Waals surface area contributed by atoms with E-state index in [1.807, 2.05) is 54.6 Å². The quantitative estimate of drug-likeness (QED) is 0.346. The lowest BCUT2D eigenvalue weighted by Crippen LogP contribution is -2.47. The van der Waals surface area contributed by atoms with E-state index in [-0.39, 0.29) is 25.3 Å². The number of hydrogen-bond acceptors (Lipinski definition) is 7. The molecule has 2 aromatic rings. The molecule has 214 valence electrons. The largest absolute Gasteiger partial charge is 0.486 e. The SMILES string of the molecule is CC1(S(=O)(=O)NC[C@@H](O)C[C@@H](Cc2ccccc2)C(=O)N[C@H]2c3ccccc3C[C@H]2O)C=C2OCCOC2=CC1. The van der Waals surface area contributed by atoms with E-state index in [0.717, 1.165) is 16.7 Å². The molecule has 5 rings (SSSR count). The minimum absolute atomic E-state index is 0.0342. The summed E-state index contributed by atoms with van der Waals surface area (Å²) in [6.07, 6.45) is 2.45. The van der Waals surface area contributed by atoms with Gasteiger partial charge in [-0.05, 0) is 55.0 Å². The van der Waals surface area contributed by atoms with E-state index in [0.29, 0.717) is 37.6 Å². The Morgan fingerprint density at radius 2 is 1.77 bits per heavy atom. The van der Waals surface area contributed by atoms with Crippen LogP contribution in [0.5, 0.6) is 0 Å². The molecule has 1 fully saturated rings. The van der Waals surface area contributed by atoms with Crippen LogP contribution in [0.15, 0.2) is 78.3 Å². The van der Waals surface area contributed by atoms with Crippen LogP contribution < -0.4 is 10.0 Å². The Morgan fingerprint density at radius 1 is 1.07 bits per heavy atom. The molecule has 0 radical (unpaired) electrons. The van der Waals surface area contributed by atoms with Crippen molar-refractivity contribution in [2.75, 3.05) is 19.8 Å². The normalized spacial score (nSPS) is 25.3. The number of aliphatic hydroxyl groups is 2. The Hall–Kier alpha value is -3.18. The second-order valence-electron chi connectivity index (χ2n) is 10.9. The van der Waals surface area contributed by atoms with E-state index in [9.17, 15) is 23.4 Å². The number of rotatable bonds is 10. The van der Waals surface area contributed by atoms with Crippen molar-refractivity contribution in [3.63, 3.8) is 0 Å². The molecule has 9 nitrogen and oxygen atoms in total. The Morgan fingerprint density at radius 3 is 2.55 bits per heavy atom. The van der Waals surface area contributed by atoms with Gasteiger partial charge in [-0.1, -0.05) is 54.6 Å². The van der Waals surface area contributed by atoms with Gasteiger partial charge in [0.15, 0.2) is 11.5 Å². The van der Waals surface area contributed by atoms with Crippen LogP contribution in [0.3, 0.4) is 0 Å². The fourth-order valence-corrected chi connectivity index (χ4v) is 6.83. The van der Waals surface area contributed by atoms with Crippen LogP contribution >= 0.6 is 0 Å². The Balaban J connectivity index is 1.26. The molecular formula is C30H36N2O7S. The molecule has 10 heteroatoms. The van der Waals surface area contributed by atoms with E-state index >= 15 is 0 Å². The summed E-state index contributed by atoms with van der Waals surface area (Å²) in [4.78, 5) is 13.5. The number of ether oxygens (including phenoxy) is 2. The number of aliphatic hydroxyl groups excluding tert-OH is 2. The first-order chi connectivity index (χ1) is 19.1. The Kier molecular flexibility index (Phi) is 8.32. The second kappa shape index (κ2) is 11.7. The number of carbonyl (C=O) groups is 1. The van der Waals surface area contributed by atoms with Crippen molar-refractivity contribution in [1.82, 2.24) is 10.0 Å². The van der Waals surface area contributed by atoms with Crippen molar-refractivity contribution in [2.45, 2.75) is 55.6 Å². The predicted molar refractivity (Wildman–Crippen MR) is 149 cm³/mol. The fraction of sp³-hybridized carbons (Fsp3) is 0.433. The third-order valence-corrected chi connectivity index (χ3v) is 9.91. The molecule has 0 bridgehead atoms. The molecule has 1 unspecified atom stereocenters. The summed E-state index contributed by atoms with van der Waals surface area (Å²) in [5.74, 6) is 0.0000532. The minimum atomic E-state index is -3.90. The molecule has 4 N–H and O–H groups in total. The van der Waals surface area contributed by atoms with Crippen molar-refractivity contribution >= 4 is 15.9 Å². The number of sulfonamides is 1. The summed E-state index contributed by atoms with van der Waals surface area (Å²) in [5, 5.41) is 24.6. The van der Waals surface area contributed by atoms with Gasteiger partial charge in [0, 0.05) is 18.9 Å². The number of benzene rings is 2. The van der Waals surface area contributed by atoms with Crippen molar-refractivity contribution in [3.05, 3.63) is 95.0 Å². The first-order valence-corrected chi connectivity index (χ1v) is 15.1. The van der Waals surface area contributed by atoms with E-state index in [4.69, 9.17) is 9.47 Å². The molecule has 3 aliphatic rings. The third-order valence-electron chi connectivity index (χ3n) is 7.85. The predicted octanol–water partition coefficient (Wildman–Crippen LogP) is 2.27. The molecule has 1 saturated heterocycles. The van der Waals surface area contributed by atoms with Gasteiger partial charge < -0.3 is 25.0 Å². The molecule has 0 spiro atoms. The van der Waals surface area contributed by atoms with Crippen molar-refractivity contribution in [2.24, 2.45) is 5.92 Å². The van der Waals surface area contributed by atoms with Crippen LogP contribution in [0.4, 0.5) is 0 Å². The molecule has 5 atom stereocenters. The van der Waals surface area contributed by atoms with Crippen LogP contribution in [-0.2, 0) is 37.1 Å². The smallest absolute Gasteiger partial charge is 0.224 e. The highest BCUT2D eigenvalue weighted by molar-refractivity contribution is 7.91. The van der Waals surface area contributed by atoms with E-state index in [1.54, 1.807) is 19.1 Å². The lowest BCUT2D eigenvalue weighted by atomic mass is 9.92. The maximum absolute atomic E-state index is 13.5. The molecular weight excluding hydrogens is 532 g/mol. The lowest BCUT2D eigenvalue weighted by molar-refractivity contribution is -0.127. The molecule has 1 heterocycles. The summed E-state index contributed by atoms with van der Waals surface area (Å²) >= 11 is 0. The van der Waals surface area contributed by atoms with E-state index in [1.165, 1.54) is 0 Å². The molecule has 1 aliphatic heterocycles. The van der Waals surface area contributed by atoms with Gasteiger partial charge >= 0.3 is 0 Å². The summed E-state index contributed by atoms with van der Waals surface area (Å²) in [5.41, 5.74) is 2.80. The highest BCUT2D eigenvalue weighted by Crippen LogP contribution is 2.35. The van der Waals surface area contributed by atoms with Crippen LogP contribution in [0.1, 0.15) is 42.5 Å². The van der Waals surface area contributed by atoms with Crippen molar-refractivity contribution in [3.8, 4) is 0 Å². The summed E-state index contributed by atoms with van der Waals surface area (Å²) in [7, 11) is -3.90. The number of carbonyl (C=O) groups excluding carboxylic acids is 1. The van der Waals surface area contributed by atoms with Gasteiger partial charge in [0.25, 0.3) is 0 Å². The minimum Gasteiger partial charge on any atom is -0.486 e.